The number of para-hydroxylation sites is 2. The molecule has 1 fully saturated rings. The average Bonchev–Trinajstić information content (AvgIpc) is 2.41. The fourth-order valence-electron chi connectivity index (χ4n) is 2.10. The lowest BCUT2D eigenvalue weighted by atomic mass is 10.2. The van der Waals surface area contributed by atoms with Crippen molar-refractivity contribution in [1.29, 1.82) is 0 Å². The number of amides is 1. The first kappa shape index (κ1) is 14.8. The van der Waals surface area contributed by atoms with Crippen molar-refractivity contribution in [2.24, 2.45) is 0 Å². The van der Waals surface area contributed by atoms with Gasteiger partial charge in [-0.25, -0.2) is 0 Å². The van der Waals surface area contributed by atoms with Gasteiger partial charge in [0, 0.05) is 19.0 Å². The summed E-state index contributed by atoms with van der Waals surface area (Å²) in [7, 11) is 0. The van der Waals surface area contributed by atoms with Gasteiger partial charge < -0.3 is 20.1 Å². The zero-order chi connectivity index (χ0) is 14.4. The molecule has 1 unspecified atom stereocenters. The molecule has 0 radical (unpaired) electrons. The zero-order valence-electron chi connectivity index (χ0n) is 12.0. The van der Waals surface area contributed by atoms with Crippen molar-refractivity contribution in [2.75, 3.05) is 25.1 Å². The van der Waals surface area contributed by atoms with Gasteiger partial charge in [0.25, 0.3) is 0 Å². The summed E-state index contributed by atoms with van der Waals surface area (Å²) >= 11 is 0. The maximum absolute atomic E-state index is 12.1. The van der Waals surface area contributed by atoms with Crippen LogP contribution in [0.5, 0.6) is 5.75 Å². The Morgan fingerprint density at radius 1 is 1.50 bits per heavy atom. The van der Waals surface area contributed by atoms with Gasteiger partial charge in [0.15, 0.2) is 0 Å². The summed E-state index contributed by atoms with van der Waals surface area (Å²) in [5, 5.41) is 6.17. The number of morpholine rings is 1. The Labute approximate surface area is 119 Å². The van der Waals surface area contributed by atoms with Crippen LogP contribution in [0.3, 0.4) is 0 Å². The molecule has 1 amide bonds. The van der Waals surface area contributed by atoms with E-state index >= 15 is 0 Å². The van der Waals surface area contributed by atoms with E-state index in [1.807, 2.05) is 38.1 Å². The zero-order valence-corrected chi connectivity index (χ0v) is 12.0. The van der Waals surface area contributed by atoms with Crippen molar-refractivity contribution < 1.29 is 14.3 Å². The smallest absolute Gasteiger partial charge is 0.226 e. The summed E-state index contributed by atoms with van der Waals surface area (Å²) in [5.41, 5.74) is 0.711. The van der Waals surface area contributed by atoms with E-state index in [9.17, 15) is 4.79 Å². The van der Waals surface area contributed by atoms with Crippen molar-refractivity contribution in [1.82, 2.24) is 5.32 Å². The van der Waals surface area contributed by atoms with E-state index in [1.54, 1.807) is 0 Å². The number of rotatable bonds is 5. The quantitative estimate of drug-likeness (QED) is 0.862. The van der Waals surface area contributed by atoms with Crippen molar-refractivity contribution in [2.45, 2.75) is 32.4 Å². The normalized spacial score (nSPS) is 18.9. The summed E-state index contributed by atoms with van der Waals surface area (Å²) < 4.78 is 11.0. The van der Waals surface area contributed by atoms with Crippen LogP contribution in [0, 0.1) is 0 Å². The number of anilines is 1. The Hall–Kier alpha value is -1.59. The Kier molecular flexibility index (Phi) is 5.38. The van der Waals surface area contributed by atoms with Gasteiger partial charge in [0.2, 0.25) is 5.91 Å². The Morgan fingerprint density at radius 3 is 3.00 bits per heavy atom. The highest BCUT2D eigenvalue weighted by molar-refractivity contribution is 5.92. The lowest BCUT2D eigenvalue weighted by molar-refractivity contribution is -0.117. The predicted molar refractivity (Wildman–Crippen MR) is 78.1 cm³/mol. The maximum Gasteiger partial charge on any atom is 0.226 e. The van der Waals surface area contributed by atoms with E-state index in [4.69, 9.17) is 9.47 Å². The molecule has 0 aromatic heterocycles. The molecule has 1 saturated heterocycles. The highest BCUT2D eigenvalue weighted by Crippen LogP contribution is 2.25. The molecule has 1 atom stereocenters. The molecule has 1 aliphatic heterocycles. The second-order valence-corrected chi connectivity index (χ2v) is 5.14. The molecule has 0 spiro atoms. The van der Waals surface area contributed by atoms with E-state index in [0.717, 1.165) is 6.54 Å². The number of carbonyl (C=O) groups is 1. The summed E-state index contributed by atoms with van der Waals surface area (Å²) in [6.45, 7) is 6.01. The number of hydrogen-bond donors (Lipinski definition) is 2. The monoisotopic (exact) mass is 278 g/mol. The summed E-state index contributed by atoms with van der Waals surface area (Å²) in [6, 6.07) is 7.56. The van der Waals surface area contributed by atoms with E-state index in [1.165, 1.54) is 0 Å². The minimum absolute atomic E-state index is 0.0344. The molecule has 0 aliphatic carbocycles. The van der Waals surface area contributed by atoms with Crippen molar-refractivity contribution in [3.63, 3.8) is 0 Å². The molecule has 5 nitrogen and oxygen atoms in total. The molecule has 1 aliphatic rings. The molecule has 2 N–H and O–H groups in total. The number of benzene rings is 1. The van der Waals surface area contributed by atoms with Gasteiger partial charge in [-0.2, -0.15) is 0 Å². The number of ether oxygens (including phenoxy) is 2. The second-order valence-electron chi connectivity index (χ2n) is 5.14. The molecule has 5 heteroatoms. The van der Waals surface area contributed by atoms with Crippen molar-refractivity contribution in [3.05, 3.63) is 24.3 Å². The van der Waals surface area contributed by atoms with Gasteiger partial charge in [0.1, 0.15) is 5.75 Å². The highest BCUT2D eigenvalue weighted by Gasteiger charge is 2.17. The minimum Gasteiger partial charge on any atom is -0.489 e. The maximum atomic E-state index is 12.1. The van der Waals surface area contributed by atoms with Crippen LogP contribution in [0.25, 0.3) is 0 Å². The Morgan fingerprint density at radius 2 is 2.30 bits per heavy atom. The van der Waals surface area contributed by atoms with Gasteiger partial charge >= 0.3 is 0 Å². The summed E-state index contributed by atoms with van der Waals surface area (Å²) in [6.07, 6.45) is 0.470. The first-order valence-corrected chi connectivity index (χ1v) is 7.02. The molecule has 2 rings (SSSR count). The van der Waals surface area contributed by atoms with Gasteiger partial charge in [0.05, 0.1) is 25.0 Å². The van der Waals surface area contributed by atoms with Gasteiger partial charge in [-0.05, 0) is 26.0 Å². The Bertz CT molecular complexity index is 442. The molecule has 1 aromatic carbocycles. The van der Waals surface area contributed by atoms with E-state index < -0.39 is 0 Å². The van der Waals surface area contributed by atoms with Crippen LogP contribution in [-0.4, -0.2) is 37.8 Å². The molecular formula is C15H22N2O3. The van der Waals surface area contributed by atoms with E-state index in [2.05, 4.69) is 10.6 Å². The van der Waals surface area contributed by atoms with Crippen LogP contribution in [0.1, 0.15) is 20.3 Å². The van der Waals surface area contributed by atoms with Crippen molar-refractivity contribution in [3.8, 4) is 5.75 Å². The van der Waals surface area contributed by atoms with Gasteiger partial charge in [-0.1, -0.05) is 12.1 Å². The highest BCUT2D eigenvalue weighted by atomic mass is 16.5. The third kappa shape index (κ3) is 4.51. The first-order valence-electron chi connectivity index (χ1n) is 7.02. The van der Waals surface area contributed by atoms with E-state index in [0.29, 0.717) is 31.1 Å². The van der Waals surface area contributed by atoms with Crippen molar-refractivity contribution >= 4 is 11.6 Å². The molecule has 0 bridgehead atoms. The molecular weight excluding hydrogens is 256 g/mol. The van der Waals surface area contributed by atoms with Gasteiger partial charge in [-0.15, -0.1) is 0 Å². The lowest BCUT2D eigenvalue weighted by Gasteiger charge is -2.23. The lowest BCUT2D eigenvalue weighted by Crippen LogP contribution is -2.43. The SMILES string of the molecule is CC(C)Oc1ccccc1NC(=O)CC1COCCN1. The van der Waals surface area contributed by atoms with Crippen LogP contribution in [0.4, 0.5) is 5.69 Å². The van der Waals surface area contributed by atoms with Crippen LogP contribution < -0.4 is 15.4 Å². The topological polar surface area (TPSA) is 59.6 Å². The van der Waals surface area contributed by atoms with Crippen LogP contribution in [-0.2, 0) is 9.53 Å². The van der Waals surface area contributed by atoms with Gasteiger partial charge in [-0.3, -0.25) is 4.79 Å². The van der Waals surface area contributed by atoms with E-state index in [-0.39, 0.29) is 18.1 Å². The molecule has 20 heavy (non-hydrogen) atoms. The average molecular weight is 278 g/mol. The number of nitrogens with one attached hydrogen (secondary N) is 2. The number of carbonyl (C=O) groups excluding carboxylic acids is 1. The largest absolute Gasteiger partial charge is 0.489 e. The summed E-state index contributed by atoms with van der Waals surface area (Å²) in [4.78, 5) is 12.1. The third-order valence-electron chi connectivity index (χ3n) is 2.95. The third-order valence-corrected chi connectivity index (χ3v) is 2.95. The Balaban J connectivity index is 1.93. The minimum atomic E-state index is -0.0344. The van der Waals surface area contributed by atoms with Crippen LogP contribution in [0.2, 0.25) is 0 Å². The summed E-state index contributed by atoms with van der Waals surface area (Å²) in [5.74, 6) is 0.663. The second kappa shape index (κ2) is 7.26. The molecule has 1 aromatic rings. The molecule has 1 heterocycles. The fourth-order valence-corrected chi connectivity index (χ4v) is 2.10. The fraction of sp³-hybridized carbons (Fsp3) is 0.533. The van der Waals surface area contributed by atoms with Crippen LogP contribution >= 0.6 is 0 Å². The molecule has 0 saturated carbocycles. The predicted octanol–water partition coefficient (Wildman–Crippen LogP) is 1.79. The molecule has 110 valence electrons. The van der Waals surface area contributed by atoms with Crippen LogP contribution in [0.15, 0.2) is 24.3 Å². The standard InChI is InChI=1S/C15H22N2O3/c1-11(2)20-14-6-4-3-5-13(14)17-15(18)9-12-10-19-8-7-16-12/h3-6,11-12,16H,7-10H2,1-2H3,(H,17,18). The first-order chi connectivity index (χ1) is 9.65. The number of hydrogen-bond acceptors (Lipinski definition) is 4.